The van der Waals surface area contributed by atoms with Gasteiger partial charge in [0.1, 0.15) is 6.61 Å². The van der Waals surface area contributed by atoms with E-state index in [9.17, 15) is 9.59 Å². The van der Waals surface area contributed by atoms with Crippen LogP contribution in [0.25, 0.3) is 11.1 Å². The van der Waals surface area contributed by atoms with Crippen molar-refractivity contribution in [2.45, 2.75) is 25.3 Å². The average molecular weight is 401 g/mol. The van der Waals surface area contributed by atoms with Crippen LogP contribution in [-0.2, 0) is 22.5 Å². The first kappa shape index (κ1) is 19.7. The topological polar surface area (TPSA) is 75.6 Å². The molecule has 152 valence electrons. The van der Waals surface area contributed by atoms with Crippen LogP contribution in [0.3, 0.4) is 0 Å². The van der Waals surface area contributed by atoms with Crippen molar-refractivity contribution >= 4 is 12.1 Å². The Hall–Kier alpha value is -3.60. The van der Waals surface area contributed by atoms with Crippen LogP contribution >= 0.6 is 0 Å². The van der Waals surface area contributed by atoms with Crippen molar-refractivity contribution in [3.05, 3.63) is 95.1 Å². The van der Waals surface area contributed by atoms with Gasteiger partial charge in [-0.1, -0.05) is 72.8 Å². The number of carbonyl (C=O) groups is 2. The lowest BCUT2D eigenvalue weighted by molar-refractivity contribution is -0.136. The number of aliphatic carboxylic acids is 1. The van der Waals surface area contributed by atoms with Crippen LogP contribution in [0.4, 0.5) is 4.79 Å². The summed E-state index contributed by atoms with van der Waals surface area (Å²) in [6.07, 6.45) is 0.00437. The fourth-order valence-electron chi connectivity index (χ4n) is 4.03. The molecule has 0 aromatic heterocycles. The first-order valence-electron chi connectivity index (χ1n) is 10.0. The molecule has 4 rings (SSSR count). The quantitative estimate of drug-likeness (QED) is 0.599. The molecule has 1 aliphatic rings. The summed E-state index contributed by atoms with van der Waals surface area (Å²) in [5.74, 6) is -0.819. The van der Waals surface area contributed by atoms with Gasteiger partial charge in [0.15, 0.2) is 0 Å². The SMILES string of the molecule is O=C(O)CCc1ccccc1CNC(=O)OCC1c2ccccc2-c2ccccc21. The number of ether oxygens (including phenoxy) is 1. The van der Waals surface area contributed by atoms with Crippen LogP contribution in [-0.4, -0.2) is 23.8 Å². The fourth-order valence-corrected chi connectivity index (χ4v) is 4.03. The number of carbonyl (C=O) groups excluding carboxylic acids is 1. The summed E-state index contributed by atoms with van der Waals surface area (Å²) in [5.41, 5.74) is 6.53. The maximum atomic E-state index is 12.3. The summed E-state index contributed by atoms with van der Waals surface area (Å²) in [5, 5.41) is 11.7. The molecular formula is C25H23NO4. The second-order valence-electron chi connectivity index (χ2n) is 7.34. The summed E-state index contributed by atoms with van der Waals surface area (Å²) in [6, 6.07) is 23.9. The van der Waals surface area contributed by atoms with E-state index in [0.717, 1.165) is 11.1 Å². The van der Waals surface area contributed by atoms with Gasteiger partial charge in [-0.05, 0) is 39.8 Å². The van der Waals surface area contributed by atoms with Crippen molar-refractivity contribution in [1.82, 2.24) is 5.32 Å². The molecule has 3 aromatic rings. The van der Waals surface area contributed by atoms with Crippen LogP contribution in [0.5, 0.6) is 0 Å². The van der Waals surface area contributed by atoms with Gasteiger partial charge in [0.25, 0.3) is 0 Å². The molecule has 5 nitrogen and oxygen atoms in total. The summed E-state index contributed by atoms with van der Waals surface area (Å²) in [4.78, 5) is 23.2. The van der Waals surface area contributed by atoms with Crippen LogP contribution in [0.1, 0.15) is 34.6 Å². The van der Waals surface area contributed by atoms with Crippen molar-refractivity contribution < 1.29 is 19.4 Å². The number of carboxylic acid groups (broad SMARTS) is 1. The molecule has 3 aromatic carbocycles. The Kier molecular flexibility index (Phi) is 5.80. The second kappa shape index (κ2) is 8.82. The lowest BCUT2D eigenvalue weighted by atomic mass is 9.98. The van der Waals surface area contributed by atoms with Gasteiger partial charge in [-0.25, -0.2) is 4.79 Å². The second-order valence-corrected chi connectivity index (χ2v) is 7.34. The third-order valence-electron chi connectivity index (χ3n) is 5.49. The summed E-state index contributed by atoms with van der Waals surface area (Å²) in [6.45, 7) is 0.562. The van der Waals surface area contributed by atoms with Crippen molar-refractivity contribution in [2.75, 3.05) is 6.61 Å². The monoisotopic (exact) mass is 401 g/mol. The van der Waals surface area contributed by atoms with E-state index in [1.807, 2.05) is 48.5 Å². The maximum Gasteiger partial charge on any atom is 0.407 e. The number of benzene rings is 3. The number of fused-ring (bicyclic) bond motifs is 3. The summed E-state index contributed by atoms with van der Waals surface area (Å²) in [7, 11) is 0. The third kappa shape index (κ3) is 4.20. The van der Waals surface area contributed by atoms with Gasteiger partial charge in [-0.15, -0.1) is 0 Å². The molecule has 30 heavy (non-hydrogen) atoms. The Morgan fingerprint density at radius 1 is 0.833 bits per heavy atom. The van der Waals surface area contributed by atoms with Gasteiger partial charge < -0.3 is 15.2 Å². The lowest BCUT2D eigenvalue weighted by Crippen LogP contribution is -2.26. The zero-order chi connectivity index (χ0) is 20.9. The molecule has 0 saturated carbocycles. The molecule has 1 amide bonds. The van der Waals surface area contributed by atoms with E-state index in [-0.39, 0.29) is 18.9 Å². The lowest BCUT2D eigenvalue weighted by Gasteiger charge is -2.15. The molecular weight excluding hydrogens is 378 g/mol. The molecule has 0 fully saturated rings. The standard InChI is InChI=1S/C25H23NO4/c27-24(28)14-13-17-7-1-2-8-18(17)15-26-25(29)30-16-23-21-11-5-3-9-19(21)20-10-4-6-12-22(20)23/h1-12,23H,13-16H2,(H,26,29)(H,27,28). The highest BCUT2D eigenvalue weighted by atomic mass is 16.5. The van der Waals surface area contributed by atoms with E-state index in [1.165, 1.54) is 22.3 Å². The molecule has 0 bridgehead atoms. The van der Waals surface area contributed by atoms with Gasteiger partial charge in [-0.3, -0.25) is 4.79 Å². The number of nitrogens with one attached hydrogen (secondary N) is 1. The van der Waals surface area contributed by atoms with Crippen LogP contribution in [0.15, 0.2) is 72.8 Å². The van der Waals surface area contributed by atoms with E-state index >= 15 is 0 Å². The molecule has 0 spiro atoms. The number of amides is 1. The first-order valence-corrected chi connectivity index (χ1v) is 10.0. The number of hydrogen-bond acceptors (Lipinski definition) is 3. The van der Waals surface area contributed by atoms with Crippen LogP contribution < -0.4 is 5.32 Å². The van der Waals surface area contributed by atoms with E-state index in [1.54, 1.807) is 0 Å². The van der Waals surface area contributed by atoms with E-state index in [0.29, 0.717) is 13.0 Å². The van der Waals surface area contributed by atoms with E-state index in [2.05, 4.69) is 29.6 Å². The smallest absolute Gasteiger partial charge is 0.407 e. The Bertz CT molecular complexity index is 1030. The Labute approximate surface area is 175 Å². The first-order chi connectivity index (χ1) is 14.6. The minimum Gasteiger partial charge on any atom is -0.481 e. The minimum atomic E-state index is -0.839. The van der Waals surface area contributed by atoms with Crippen molar-refractivity contribution in [1.29, 1.82) is 0 Å². The Morgan fingerprint density at radius 3 is 2.03 bits per heavy atom. The van der Waals surface area contributed by atoms with Gasteiger partial charge in [0, 0.05) is 18.9 Å². The van der Waals surface area contributed by atoms with Gasteiger partial charge >= 0.3 is 12.1 Å². The minimum absolute atomic E-state index is 0.0194. The molecule has 0 atom stereocenters. The molecule has 0 unspecified atom stereocenters. The van der Waals surface area contributed by atoms with E-state index in [4.69, 9.17) is 9.84 Å². The highest BCUT2D eigenvalue weighted by Gasteiger charge is 2.28. The molecule has 0 heterocycles. The summed E-state index contributed by atoms with van der Waals surface area (Å²) < 4.78 is 5.56. The van der Waals surface area contributed by atoms with Crippen molar-refractivity contribution in [2.24, 2.45) is 0 Å². The molecule has 0 radical (unpaired) electrons. The average Bonchev–Trinajstić information content (AvgIpc) is 3.09. The molecule has 0 saturated heterocycles. The fraction of sp³-hybridized carbons (Fsp3) is 0.200. The predicted octanol–water partition coefficient (Wildman–Crippen LogP) is 4.74. The normalized spacial score (nSPS) is 12.1. The van der Waals surface area contributed by atoms with Crippen molar-refractivity contribution in [3.63, 3.8) is 0 Å². The van der Waals surface area contributed by atoms with E-state index < -0.39 is 12.1 Å². The molecule has 1 aliphatic carbocycles. The highest BCUT2D eigenvalue weighted by molar-refractivity contribution is 5.79. The summed E-state index contributed by atoms with van der Waals surface area (Å²) >= 11 is 0. The van der Waals surface area contributed by atoms with Gasteiger partial charge in [-0.2, -0.15) is 0 Å². The largest absolute Gasteiger partial charge is 0.481 e. The predicted molar refractivity (Wildman–Crippen MR) is 114 cm³/mol. The zero-order valence-electron chi connectivity index (χ0n) is 16.5. The van der Waals surface area contributed by atoms with Crippen molar-refractivity contribution in [3.8, 4) is 11.1 Å². The number of hydrogen-bond donors (Lipinski definition) is 2. The zero-order valence-corrected chi connectivity index (χ0v) is 16.5. The maximum absolute atomic E-state index is 12.3. The van der Waals surface area contributed by atoms with Gasteiger partial charge in [0.2, 0.25) is 0 Å². The Balaban J connectivity index is 1.38. The van der Waals surface area contributed by atoms with Gasteiger partial charge in [0.05, 0.1) is 0 Å². The molecule has 2 N–H and O–H groups in total. The number of alkyl carbamates (subject to hydrolysis) is 1. The van der Waals surface area contributed by atoms with Crippen LogP contribution in [0, 0.1) is 0 Å². The Morgan fingerprint density at radius 2 is 1.40 bits per heavy atom. The number of aryl methyl sites for hydroxylation is 1. The number of rotatable bonds is 7. The van der Waals surface area contributed by atoms with Crippen LogP contribution in [0.2, 0.25) is 0 Å². The third-order valence-corrected chi connectivity index (χ3v) is 5.49. The molecule has 0 aliphatic heterocycles. The highest BCUT2D eigenvalue weighted by Crippen LogP contribution is 2.44. The number of carboxylic acids is 1. The molecule has 5 heteroatoms.